The zero-order valence-corrected chi connectivity index (χ0v) is 14.4. The van der Waals surface area contributed by atoms with Crippen LogP contribution in [0.1, 0.15) is 30.9 Å². The fourth-order valence-corrected chi connectivity index (χ4v) is 3.22. The Morgan fingerprint density at radius 3 is 2.46 bits per heavy atom. The predicted octanol–water partition coefficient (Wildman–Crippen LogP) is 3.44. The topological polar surface area (TPSA) is 58.7 Å². The summed E-state index contributed by atoms with van der Waals surface area (Å²) in [7, 11) is 1.67. The van der Waals surface area contributed by atoms with Crippen molar-refractivity contribution in [3.8, 4) is 11.1 Å². The van der Waals surface area contributed by atoms with Crippen LogP contribution in [0.25, 0.3) is 11.1 Å². The van der Waals surface area contributed by atoms with Gasteiger partial charge in [0.05, 0.1) is 12.0 Å². The lowest BCUT2D eigenvalue weighted by atomic mass is 9.82. The van der Waals surface area contributed by atoms with Gasteiger partial charge in [0.15, 0.2) is 5.96 Å². The number of benzene rings is 2. The molecule has 0 unspecified atom stereocenters. The van der Waals surface area contributed by atoms with Crippen LogP contribution in [0.4, 0.5) is 0 Å². The second-order valence-corrected chi connectivity index (χ2v) is 6.43. The maximum absolute atomic E-state index is 12.3. The molecule has 124 valence electrons. The molecule has 3 rings (SSSR count). The van der Waals surface area contributed by atoms with Crippen LogP contribution in [0.3, 0.4) is 0 Å². The van der Waals surface area contributed by atoms with Gasteiger partial charge in [-0.15, -0.1) is 0 Å². The van der Waals surface area contributed by atoms with Crippen LogP contribution in [0.5, 0.6) is 0 Å². The SMILES string of the molecule is CC[C@@]1(c2cccc(-c3cccc(C)c3)c2)CC(=O)N(C)C(N)=N1. The monoisotopic (exact) mass is 321 g/mol. The third-order valence-electron chi connectivity index (χ3n) is 4.83. The highest BCUT2D eigenvalue weighted by atomic mass is 16.2. The molecule has 0 spiro atoms. The van der Waals surface area contributed by atoms with Gasteiger partial charge in [-0.05, 0) is 36.1 Å². The van der Waals surface area contributed by atoms with E-state index in [0.717, 1.165) is 17.5 Å². The van der Waals surface area contributed by atoms with Gasteiger partial charge in [0.1, 0.15) is 0 Å². The van der Waals surface area contributed by atoms with Crippen LogP contribution in [-0.2, 0) is 10.3 Å². The summed E-state index contributed by atoms with van der Waals surface area (Å²) in [4.78, 5) is 18.4. The summed E-state index contributed by atoms with van der Waals surface area (Å²) in [5, 5.41) is 0. The van der Waals surface area contributed by atoms with E-state index < -0.39 is 5.54 Å². The normalized spacial score (nSPS) is 20.9. The molecule has 0 saturated heterocycles. The van der Waals surface area contributed by atoms with Gasteiger partial charge in [0, 0.05) is 7.05 Å². The first-order valence-corrected chi connectivity index (χ1v) is 8.24. The first-order chi connectivity index (χ1) is 11.4. The van der Waals surface area contributed by atoms with Crippen molar-refractivity contribution in [3.63, 3.8) is 0 Å². The number of rotatable bonds is 3. The lowest BCUT2D eigenvalue weighted by Crippen LogP contribution is -2.48. The summed E-state index contributed by atoms with van der Waals surface area (Å²) in [6.45, 7) is 4.14. The summed E-state index contributed by atoms with van der Waals surface area (Å²) in [5.74, 6) is 0.291. The molecule has 4 nitrogen and oxygen atoms in total. The number of aryl methyl sites for hydroxylation is 1. The molecule has 2 N–H and O–H groups in total. The minimum Gasteiger partial charge on any atom is -0.369 e. The molecule has 1 atom stereocenters. The molecule has 2 aromatic rings. The van der Waals surface area contributed by atoms with Crippen LogP contribution in [0.15, 0.2) is 53.5 Å². The summed E-state index contributed by atoms with van der Waals surface area (Å²) < 4.78 is 0. The van der Waals surface area contributed by atoms with E-state index in [1.54, 1.807) is 7.05 Å². The molecule has 0 radical (unpaired) electrons. The molecule has 0 aliphatic carbocycles. The molecule has 1 heterocycles. The van der Waals surface area contributed by atoms with E-state index in [4.69, 9.17) is 5.73 Å². The number of guanidine groups is 1. The van der Waals surface area contributed by atoms with Crippen LogP contribution < -0.4 is 5.73 Å². The molecular weight excluding hydrogens is 298 g/mol. The van der Waals surface area contributed by atoms with E-state index in [1.165, 1.54) is 16.0 Å². The number of nitrogens with zero attached hydrogens (tertiary/aromatic N) is 2. The van der Waals surface area contributed by atoms with E-state index in [9.17, 15) is 4.79 Å². The Balaban J connectivity index is 2.09. The van der Waals surface area contributed by atoms with Crippen molar-refractivity contribution < 1.29 is 4.79 Å². The minimum atomic E-state index is -0.576. The quantitative estimate of drug-likeness (QED) is 0.941. The van der Waals surface area contributed by atoms with Crippen molar-refractivity contribution in [1.82, 2.24) is 4.90 Å². The lowest BCUT2D eigenvalue weighted by Gasteiger charge is -2.36. The molecule has 1 aliphatic heterocycles. The largest absolute Gasteiger partial charge is 0.369 e. The Morgan fingerprint density at radius 1 is 1.17 bits per heavy atom. The Kier molecular flexibility index (Phi) is 4.14. The first kappa shape index (κ1) is 16.2. The van der Waals surface area contributed by atoms with E-state index >= 15 is 0 Å². The number of hydrogen-bond donors (Lipinski definition) is 1. The molecule has 0 fully saturated rings. The van der Waals surface area contributed by atoms with Crippen molar-refractivity contribution in [2.75, 3.05) is 7.05 Å². The lowest BCUT2D eigenvalue weighted by molar-refractivity contribution is -0.128. The average molecular weight is 321 g/mol. The van der Waals surface area contributed by atoms with Gasteiger partial charge in [-0.2, -0.15) is 0 Å². The number of nitrogens with two attached hydrogens (primary N) is 1. The zero-order valence-electron chi connectivity index (χ0n) is 14.4. The summed E-state index contributed by atoms with van der Waals surface area (Å²) in [6.07, 6.45) is 1.07. The highest BCUT2D eigenvalue weighted by Crippen LogP contribution is 2.38. The Bertz CT molecular complexity index is 812. The molecule has 1 aliphatic rings. The summed E-state index contributed by atoms with van der Waals surface area (Å²) in [5.41, 5.74) is 9.96. The van der Waals surface area contributed by atoms with E-state index in [-0.39, 0.29) is 11.9 Å². The maximum atomic E-state index is 12.3. The van der Waals surface area contributed by atoms with Gasteiger partial charge in [0.2, 0.25) is 5.91 Å². The number of carbonyl (C=O) groups excluding carboxylic acids is 1. The van der Waals surface area contributed by atoms with Crippen molar-refractivity contribution in [1.29, 1.82) is 0 Å². The van der Waals surface area contributed by atoms with Gasteiger partial charge in [-0.1, -0.05) is 55.0 Å². The number of amides is 1. The molecular formula is C20H23N3O. The van der Waals surface area contributed by atoms with Crippen LogP contribution in [-0.4, -0.2) is 23.8 Å². The van der Waals surface area contributed by atoms with E-state index in [1.807, 2.05) is 12.1 Å². The minimum absolute atomic E-state index is 0.00492. The van der Waals surface area contributed by atoms with E-state index in [2.05, 4.69) is 55.2 Å². The first-order valence-electron chi connectivity index (χ1n) is 8.24. The van der Waals surface area contributed by atoms with Gasteiger partial charge in [-0.25, -0.2) is 4.99 Å². The highest BCUT2D eigenvalue weighted by Gasteiger charge is 2.38. The van der Waals surface area contributed by atoms with Crippen molar-refractivity contribution in [2.45, 2.75) is 32.2 Å². The van der Waals surface area contributed by atoms with E-state index in [0.29, 0.717) is 6.42 Å². The molecule has 1 amide bonds. The molecule has 2 aromatic carbocycles. The van der Waals surface area contributed by atoms with Crippen LogP contribution in [0.2, 0.25) is 0 Å². The Morgan fingerprint density at radius 2 is 1.83 bits per heavy atom. The van der Waals surface area contributed by atoms with Crippen LogP contribution in [0, 0.1) is 6.92 Å². The second-order valence-electron chi connectivity index (χ2n) is 6.43. The standard InChI is InChI=1S/C20H23N3O/c1-4-20(13-18(24)23(3)19(21)22-20)17-10-6-9-16(12-17)15-8-5-7-14(2)11-15/h5-12H,4,13H2,1-3H3,(H2,21,22)/t20-/m0/s1. The predicted molar refractivity (Wildman–Crippen MR) is 97.6 cm³/mol. The highest BCUT2D eigenvalue weighted by molar-refractivity contribution is 5.98. The number of hydrogen-bond acceptors (Lipinski definition) is 3. The molecule has 0 bridgehead atoms. The molecule has 4 heteroatoms. The molecule has 24 heavy (non-hydrogen) atoms. The third kappa shape index (κ3) is 2.80. The second kappa shape index (κ2) is 6.11. The number of carbonyl (C=O) groups is 1. The van der Waals surface area contributed by atoms with Crippen molar-refractivity contribution >= 4 is 11.9 Å². The van der Waals surface area contributed by atoms with Crippen molar-refractivity contribution in [2.24, 2.45) is 10.7 Å². The van der Waals surface area contributed by atoms with Gasteiger partial charge in [-0.3, -0.25) is 9.69 Å². The Hall–Kier alpha value is -2.62. The fourth-order valence-electron chi connectivity index (χ4n) is 3.22. The van der Waals surface area contributed by atoms with Crippen LogP contribution >= 0.6 is 0 Å². The number of aliphatic imine (C=N–C) groups is 1. The smallest absolute Gasteiger partial charge is 0.231 e. The van der Waals surface area contributed by atoms with Crippen molar-refractivity contribution in [3.05, 3.63) is 59.7 Å². The fraction of sp³-hybridized carbons (Fsp3) is 0.300. The maximum Gasteiger partial charge on any atom is 0.231 e. The van der Waals surface area contributed by atoms with Gasteiger partial charge >= 0.3 is 0 Å². The Labute approximate surface area is 143 Å². The third-order valence-corrected chi connectivity index (χ3v) is 4.83. The average Bonchev–Trinajstić information content (AvgIpc) is 2.59. The van der Waals surface area contributed by atoms with Gasteiger partial charge < -0.3 is 5.73 Å². The molecule has 0 saturated carbocycles. The molecule has 0 aromatic heterocycles. The zero-order chi connectivity index (χ0) is 17.3. The van der Waals surface area contributed by atoms with Gasteiger partial charge in [0.25, 0.3) is 0 Å². The summed E-state index contributed by atoms with van der Waals surface area (Å²) in [6, 6.07) is 16.7. The summed E-state index contributed by atoms with van der Waals surface area (Å²) >= 11 is 0.